The number of nitrogens with one attached hydrogen (secondary N) is 2. The summed E-state index contributed by atoms with van der Waals surface area (Å²) in [5.41, 5.74) is 2.93. The Labute approximate surface area is 160 Å². The Kier molecular flexibility index (Phi) is 6.65. The van der Waals surface area contributed by atoms with Gasteiger partial charge in [0.2, 0.25) is 0 Å². The number of piperidine rings is 1. The van der Waals surface area contributed by atoms with Gasteiger partial charge in [0.15, 0.2) is 0 Å². The Morgan fingerprint density at radius 3 is 2.70 bits per heavy atom. The summed E-state index contributed by atoms with van der Waals surface area (Å²) in [6, 6.07) is 12.2. The van der Waals surface area contributed by atoms with Gasteiger partial charge >= 0.3 is 6.09 Å². The van der Waals surface area contributed by atoms with E-state index < -0.39 is 6.09 Å². The Balaban J connectivity index is 1.40. The molecule has 1 aliphatic rings. The smallest absolute Gasteiger partial charge is 0.409 e. The van der Waals surface area contributed by atoms with Crippen LogP contribution in [-0.2, 0) is 6.42 Å². The van der Waals surface area contributed by atoms with Gasteiger partial charge in [0, 0.05) is 31.0 Å². The fourth-order valence-electron chi connectivity index (χ4n) is 3.53. The third kappa shape index (κ3) is 5.96. The van der Waals surface area contributed by atoms with Crippen LogP contribution in [0.4, 0.5) is 16.3 Å². The topological polar surface area (TPSA) is 77.5 Å². The molecule has 1 aromatic carbocycles. The largest absolute Gasteiger partial charge is 0.465 e. The lowest BCUT2D eigenvalue weighted by atomic mass is 10.0. The summed E-state index contributed by atoms with van der Waals surface area (Å²) in [5.74, 6) is 0.960. The molecule has 27 heavy (non-hydrogen) atoms. The number of amides is 1. The predicted octanol–water partition coefficient (Wildman–Crippen LogP) is 3.99. The van der Waals surface area contributed by atoms with Crippen LogP contribution < -0.4 is 10.6 Å². The van der Waals surface area contributed by atoms with Crippen molar-refractivity contribution in [1.82, 2.24) is 9.88 Å². The van der Waals surface area contributed by atoms with E-state index in [2.05, 4.69) is 26.6 Å². The Morgan fingerprint density at radius 1 is 1.22 bits per heavy atom. The molecule has 6 heteroatoms. The number of carboxylic acid groups (broad SMARTS) is 1. The molecule has 0 spiro atoms. The van der Waals surface area contributed by atoms with Crippen LogP contribution in [0.15, 0.2) is 42.6 Å². The van der Waals surface area contributed by atoms with Crippen molar-refractivity contribution in [1.29, 1.82) is 0 Å². The number of rotatable bonds is 7. The lowest BCUT2D eigenvalue weighted by Crippen LogP contribution is -2.39. The van der Waals surface area contributed by atoms with Crippen LogP contribution >= 0.6 is 0 Å². The van der Waals surface area contributed by atoms with Crippen molar-refractivity contribution in [3.05, 3.63) is 53.7 Å². The first kappa shape index (κ1) is 19.2. The predicted molar refractivity (Wildman–Crippen MR) is 108 cm³/mol. The molecule has 3 N–H and O–H groups in total. The van der Waals surface area contributed by atoms with Crippen molar-refractivity contribution in [3.8, 4) is 0 Å². The van der Waals surface area contributed by atoms with Crippen LogP contribution in [0.3, 0.4) is 0 Å². The first-order valence-electron chi connectivity index (χ1n) is 9.59. The molecule has 0 saturated carbocycles. The van der Waals surface area contributed by atoms with Gasteiger partial charge in [-0.25, -0.2) is 9.78 Å². The number of carbonyl (C=O) groups is 1. The van der Waals surface area contributed by atoms with Crippen LogP contribution in [0, 0.1) is 6.92 Å². The summed E-state index contributed by atoms with van der Waals surface area (Å²) < 4.78 is 0. The number of hydrogen-bond donors (Lipinski definition) is 3. The Bertz CT molecular complexity index is 740. The molecule has 0 radical (unpaired) electrons. The molecule has 0 aliphatic carbocycles. The normalized spacial score (nSPS) is 15.4. The summed E-state index contributed by atoms with van der Waals surface area (Å²) in [6.07, 6.45) is 5.02. The highest BCUT2D eigenvalue weighted by atomic mass is 16.4. The lowest BCUT2D eigenvalue weighted by molar-refractivity contribution is 0.209. The van der Waals surface area contributed by atoms with E-state index in [1.165, 1.54) is 5.56 Å². The van der Waals surface area contributed by atoms with Gasteiger partial charge in [0.05, 0.1) is 0 Å². The van der Waals surface area contributed by atoms with Crippen molar-refractivity contribution in [3.63, 3.8) is 0 Å². The minimum atomic E-state index is -1.01. The van der Waals surface area contributed by atoms with E-state index in [-0.39, 0.29) is 0 Å². The number of aromatic nitrogens is 1. The van der Waals surface area contributed by atoms with Gasteiger partial charge in [0.25, 0.3) is 0 Å². The van der Waals surface area contributed by atoms with Gasteiger partial charge < -0.3 is 15.3 Å². The molecule has 0 atom stereocenters. The second-order valence-corrected chi connectivity index (χ2v) is 7.17. The van der Waals surface area contributed by atoms with Gasteiger partial charge in [-0.2, -0.15) is 0 Å². The van der Waals surface area contributed by atoms with Crippen molar-refractivity contribution in [2.75, 3.05) is 30.3 Å². The van der Waals surface area contributed by atoms with Crippen molar-refractivity contribution >= 4 is 17.6 Å². The zero-order valence-corrected chi connectivity index (χ0v) is 15.8. The lowest BCUT2D eigenvalue weighted by Gasteiger charge is -2.32. The van der Waals surface area contributed by atoms with E-state index in [9.17, 15) is 4.79 Å². The molecule has 0 unspecified atom stereocenters. The molecule has 3 rings (SSSR count). The Morgan fingerprint density at radius 2 is 2.00 bits per heavy atom. The van der Waals surface area contributed by atoms with Crippen LogP contribution in [-0.4, -0.2) is 46.8 Å². The van der Waals surface area contributed by atoms with E-state index in [0.29, 0.717) is 11.7 Å². The Hall–Kier alpha value is -2.60. The summed E-state index contributed by atoms with van der Waals surface area (Å²) in [4.78, 5) is 17.8. The van der Waals surface area contributed by atoms with Crippen LogP contribution in [0.25, 0.3) is 0 Å². The molecule has 1 fully saturated rings. The molecule has 144 valence electrons. The highest BCUT2D eigenvalue weighted by Gasteiger charge is 2.19. The van der Waals surface area contributed by atoms with Crippen LogP contribution in [0.2, 0.25) is 0 Å². The number of nitrogens with zero attached hydrogens (tertiary/aromatic N) is 2. The summed E-state index contributed by atoms with van der Waals surface area (Å²) in [5, 5.41) is 15.0. The van der Waals surface area contributed by atoms with Gasteiger partial charge in [-0.1, -0.05) is 24.3 Å². The molecule has 1 amide bonds. The van der Waals surface area contributed by atoms with Crippen LogP contribution in [0.5, 0.6) is 0 Å². The molecular formula is C21H28N4O2. The molecule has 2 heterocycles. The zero-order chi connectivity index (χ0) is 19.1. The van der Waals surface area contributed by atoms with E-state index >= 15 is 0 Å². The second-order valence-electron chi connectivity index (χ2n) is 7.17. The molecule has 1 aliphatic heterocycles. The molecule has 0 bridgehead atoms. The second kappa shape index (κ2) is 9.37. The standard InChI is InChI=1S/C21H28N4O2/c1-16-8-9-20(22-15-16)23-18-10-13-25(14-11-18)12-4-6-17-5-2-3-7-19(17)24-21(26)27/h2-3,5,7-9,15,18,24H,4,6,10-14H2,1H3,(H,22,23)(H,26,27). The SMILES string of the molecule is Cc1ccc(NC2CCN(CCCc3ccccc3NC(=O)O)CC2)nc1. The van der Waals surface area contributed by atoms with Crippen molar-refractivity contribution in [2.45, 2.75) is 38.6 Å². The maximum absolute atomic E-state index is 10.9. The third-order valence-corrected chi connectivity index (χ3v) is 5.03. The fraction of sp³-hybridized carbons (Fsp3) is 0.429. The average Bonchev–Trinajstić information content (AvgIpc) is 2.66. The number of pyridine rings is 1. The average molecular weight is 368 g/mol. The first-order valence-corrected chi connectivity index (χ1v) is 9.59. The number of likely N-dealkylation sites (tertiary alicyclic amines) is 1. The molecule has 1 aromatic heterocycles. The van der Waals surface area contributed by atoms with E-state index in [1.807, 2.05) is 43.5 Å². The van der Waals surface area contributed by atoms with Gasteiger partial charge in [0.1, 0.15) is 5.82 Å². The molecule has 1 saturated heterocycles. The van der Waals surface area contributed by atoms with Gasteiger partial charge in [-0.3, -0.25) is 5.32 Å². The quantitative estimate of drug-likeness (QED) is 0.689. The maximum Gasteiger partial charge on any atom is 0.409 e. The number of hydrogen-bond acceptors (Lipinski definition) is 4. The van der Waals surface area contributed by atoms with Crippen molar-refractivity contribution in [2.24, 2.45) is 0 Å². The minimum absolute atomic E-state index is 0.483. The number of aryl methyl sites for hydroxylation is 2. The zero-order valence-electron chi connectivity index (χ0n) is 15.8. The van der Waals surface area contributed by atoms with E-state index in [1.54, 1.807) is 0 Å². The molecule has 2 aromatic rings. The molecule has 6 nitrogen and oxygen atoms in total. The highest BCUT2D eigenvalue weighted by molar-refractivity contribution is 5.83. The molecular weight excluding hydrogens is 340 g/mol. The van der Waals surface area contributed by atoms with Gasteiger partial charge in [-0.15, -0.1) is 0 Å². The summed E-state index contributed by atoms with van der Waals surface area (Å²) in [6.45, 7) is 5.25. The first-order chi connectivity index (χ1) is 13.1. The number of benzene rings is 1. The number of para-hydroxylation sites is 1. The fourth-order valence-corrected chi connectivity index (χ4v) is 3.53. The van der Waals surface area contributed by atoms with Crippen molar-refractivity contribution < 1.29 is 9.90 Å². The van der Waals surface area contributed by atoms with E-state index in [4.69, 9.17) is 5.11 Å². The van der Waals surface area contributed by atoms with E-state index in [0.717, 1.165) is 56.7 Å². The number of anilines is 2. The minimum Gasteiger partial charge on any atom is -0.465 e. The monoisotopic (exact) mass is 368 g/mol. The third-order valence-electron chi connectivity index (χ3n) is 5.03. The highest BCUT2D eigenvalue weighted by Crippen LogP contribution is 2.19. The summed E-state index contributed by atoms with van der Waals surface area (Å²) in [7, 11) is 0. The van der Waals surface area contributed by atoms with Crippen LogP contribution in [0.1, 0.15) is 30.4 Å². The maximum atomic E-state index is 10.9. The van der Waals surface area contributed by atoms with Gasteiger partial charge in [-0.05, 0) is 62.4 Å². The summed E-state index contributed by atoms with van der Waals surface area (Å²) >= 11 is 0.